The average molecular weight is 245 g/mol. The van der Waals surface area contributed by atoms with E-state index in [2.05, 4.69) is 24.3 Å². The van der Waals surface area contributed by atoms with Crippen molar-refractivity contribution < 1.29 is 4.74 Å². The molecule has 1 aromatic carbocycles. The minimum Gasteiger partial charge on any atom is -0.490 e. The standard InChI is InChI=1S/C16H23NO/c17-14-6-2-1-4-12(10-14)13-5-3-7-16(11-13)18-15-8-9-15/h3,5,7,11-12,14-15H,1-2,4,6,8-10,17H2. The van der Waals surface area contributed by atoms with Crippen LogP contribution in [0.2, 0.25) is 0 Å². The molecule has 0 bridgehead atoms. The number of ether oxygens (including phenoxy) is 1. The monoisotopic (exact) mass is 245 g/mol. The molecule has 0 aliphatic heterocycles. The van der Waals surface area contributed by atoms with Crippen molar-refractivity contribution in [2.45, 2.75) is 63.0 Å². The Kier molecular flexibility index (Phi) is 3.55. The lowest BCUT2D eigenvalue weighted by molar-refractivity contribution is 0.302. The number of rotatable bonds is 3. The van der Waals surface area contributed by atoms with Gasteiger partial charge in [-0.25, -0.2) is 0 Å². The Bertz CT molecular complexity index is 400. The Morgan fingerprint density at radius 1 is 1.06 bits per heavy atom. The fraction of sp³-hybridized carbons (Fsp3) is 0.625. The number of hydrogen-bond donors (Lipinski definition) is 1. The van der Waals surface area contributed by atoms with E-state index in [1.807, 2.05) is 0 Å². The first kappa shape index (κ1) is 12.0. The molecule has 2 saturated carbocycles. The summed E-state index contributed by atoms with van der Waals surface area (Å²) in [7, 11) is 0. The van der Waals surface area contributed by atoms with Crippen LogP contribution in [0.15, 0.2) is 24.3 Å². The zero-order valence-electron chi connectivity index (χ0n) is 11.0. The van der Waals surface area contributed by atoms with Crippen molar-refractivity contribution in [3.8, 4) is 5.75 Å². The van der Waals surface area contributed by atoms with Gasteiger partial charge in [-0.2, -0.15) is 0 Å². The minimum atomic E-state index is 0.380. The molecule has 1 aromatic rings. The SMILES string of the molecule is NC1CCCCC(c2cccc(OC3CC3)c2)C1. The van der Waals surface area contributed by atoms with Crippen molar-refractivity contribution in [3.63, 3.8) is 0 Å². The highest BCUT2D eigenvalue weighted by molar-refractivity contribution is 5.31. The number of nitrogens with two attached hydrogens (primary N) is 1. The maximum Gasteiger partial charge on any atom is 0.119 e. The molecule has 2 atom stereocenters. The van der Waals surface area contributed by atoms with E-state index in [1.54, 1.807) is 0 Å². The highest BCUT2D eigenvalue weighted by Gasteiger charge is 2.24. The fourth-order valence-electron chi connectivity index (χ4n) is 2.92. The van der Waals surface area contributed by atoms with Crippen LogP contribution in [0, 0.1) is 0 Å². The molecular formula is C16H23NO. The van der Waals surface area contributed by atoms with Gasteiger partial charge in [-0.15, -0.1) is 0 Å². The van der Waals surface area contributed by atoms with E-state index in [-0.39, 0.29) is 0 Å². The topological polar surface area (TPSA) is 35.2 Å². The van der Waals surface area contributed by atoms with Gasteiger partial charge in [0.15, 0.2) is 0 Å². The summed E-state index contributed by atoms with van der Waals surface area (Å²) in [5.41, 5.74) is 7.58. The summed E-state index contributed by atoms with van der Waals surface area (Å²) in [5, 5.41) is 0. The van der Waals surface area contributed by atoms with E-state index in [0.717, 1.165) is 12.2 Å². The normalized spacial score (nSPS) is 28.7. The third-order valence-corrected chi connectivity index (χ3v) is 4.12. The van der Waals surface area contributed by atoms with Crippen molar-refractivity contribution >= 4 is 0 Å². The molecule has 0 radical (unpaired) electrons. The summed E-state index contributed by atoms with van der Waals surface area (Å²) in [6.45, 7) is 0. The first-order valence-electron chi connectivity index (χ1n) is 7.33. The molecule has 2 heteroatoms. The zero-order chi connectivity index (χ0) is 12.4. The maximum atomic E-state index is 6.16. The third-order valence-electron chi connectivity index (χ3n) is 4.12. The molecule has 2 fully saturated rings. The first-order chi connectivity index (χ1) is 8.81. The second kappa shape index (κ2) is 5.31. The second-order valence-electron chi connectivity index (χ2n) is 5.87. The highest BCUT2D eigenvalue weighted by atomic mass is 16.5. The van der Waals surface area contributed by atoms with Gasteiger partial charge >= 0.3 is 0 Å². The van der Waals surface area contributed by atoms with Crippen LogP contribution < -0.4 is 10.5 Å². The largest absolute Gasteiger partial charge is 0.490 e. The predicted molar refractivity (Wildman–Crippen MR) is 73.9 cm³/mol. The molecule has 0 saturated heterocycles. The summed E-state index contributed by atoms with van der Waals surface area (Å²) in [5.74, 6) is 1.68. The van der Waals surface area contributed by atoms with Gasteiger partial charge in [0, 0.05) is 6.04 Å². The van der Waals surface area contributed by atoms with Gasteiger partial charge in [0.2, 0.25) is 0 Å². The summed E-state index contributed by atoms with van der Waals surface area (Å²) >= 11 is 0. The highest BCUT2D eigenvalue weighted by Crippen LogP contribution is 2.34. The molecular weight excluding hydrogens is 222 g/mol. The van der Waals surface area contributed by atoms with Crippen LogP contribution in [0.1, 0.15) is 56.4 Å². The van der Waals surface area contributed by atoms with Crippen LogP contribution in [0.25, 0.3) is 0 Å². The van der Waals surface area contributed by atoms with Gasteiger partial charge in [-0.3, -0.25) is 0 Å². The molecule has 2 nitrogen and oxygen atoms in total. The molecule has 0 heterocycles. The van der Waals surface area contributed by atoms with Crippen molar-refractivity contribution in [3.05, 3.63) is 29.8 Å². The molecule has 3 rings (SSSR count). The van der Waals surface area contributed by atoms with Crippen LogP contribution in [-0.4, -0.2) is 12.1 Å². The molecule has 2 N–H and O–H groups in total. The lowest BCUT2D eigenvalue weighted by Gasteiger charge is -2.18. The molecule has 18 heavy (non-hydrogen) atoms. The lowest BCUT2D eigenvalue weighted by atomic mass is 9.90. The predicted octanol–water partition coefficient (Wildman–Crippen LogP) is 3.60. The summed E-state index contributed by atoms with van der Waals surface area (Å²) in [6.07, 6.45) is 9.12. The van der Waals surface area contributed by atoms with Gasteiger partial charge in [-0.1, -0.05) is 25.0 Å². The van der Waals surface area contributed by atoms with E-state index in [4.69, 9.17) is 10.5 Å². The lowest BCUT2D eigenvalue weighted by Crippen LogP contribution is -2.20. The summed E-state index contributed by atoms with van der Waals surface area (Å²) in [6, 6.07) is 9.07. The van der Waals surface area contributed by atoms with Crippen LogP contribution in [0.4, 0.5) is 0 Å². The van der Waals surface area contributed by atoms with Crippen LogP contribution in [0.5, 0.6) is 5.75 Å². The number of benzene rings is 1. The molecule has 98 valence electrons. The summed E-state index contributed by atoms with van der Waals surface area (Å²) < 4.78 is 5.88. The Labute approximate surface area is 110 Å². The third kappa shape index (κ3) is 3.05. The van der Waals surface area contributed by atoms with Crippen LogP contribution in [0.3, 0.4) is 0 Å². The Morgan fingerprint density at radius 3 is 2.72 bits per heavy atom. The van der Waals surface area contributed by atoms with Crippen LogP contribution >= 0.6 is 0 Å². The minimum absolute atomic E-state index is 0.380. The van der Waals surface area contributed by atoms with E-state index in [1.165, 1.54) is 44.1 Å². The van der Waals surface area contributed by atoms with Gasteiger partial charge in [0.05, 0.1) is 6.10 Å². The molecule has 2 unspecified atom stereocenters. The average Bonchev–Trinajstić information content (AvgIpc) is 3.18. The van der Waals surface area contributed by atoms with Gasteiger partial charge in [-0.05, 0) is 55.7 Å². The zero-order valence-corrected chi connectivity index (χ0v) is 11.0. The van der Waals surface area contributed by atoms with Gasteiger partial charge < -0.3 is 10.5 Å². The Balaban J connectivity index is 1.72. The molecule has 2 aliphatic rings. The van der Waals surface area contributed by atoms with Crippen LogP contribution in [-0.2, 0) is 0 Å². The molecule has 0 amide bonds. The Hall–Kier alpha value is -1.02. The van der Waals surface area contributed by atoms with Crippen molar-refractivity contribution in [1.29, 1.82) is 0 Å². The quantitative estimate of drug-likeness (QED) is 0.826. The maximum absolute atomic E-state index is 6.16. The van der Waals surface area contributed by atoms with E-state index in [9.17, 15) is 0 Å². The number of hydrogen-bond acceptors (Lipinski definition) is 2. The fourth-order valence-corrected chi connectivity index (χ4v) is 2.92. The molecule has 0 aromatic heterocycles. The van der Waals surface area contributed by atoms with Crippen molar-refractivity contribution in [2.24, 2.45) is 5.73 Å². The summed E-state index contributed by atoms with van der Waals surface area (Å²) in [4.78, 5) is 0. The Morgan fingerprint density at radius 2 is 1.89 bits per heavy atom. The van der Waals surface area contributed by atoms with Gasteiger partial charge in [0.25, 0.3) is 0 Å². The second-order valence-corrected chi connectivity index (χ2v) is 5.87. The molecule has 2 aliphatic carbocycles. The van der Waals surface area contributed by atoms with E-state index in [0.29, 0.717) is 18.1 Å². The van der Waals surface area contributed by atoms with E-state index < -0.39 is 0 Å². The van der Waals surface area contributed by atoms with Crippen molar-refractivity contribution in [1.82, 2.24) is 0 Å². The van der Waals surface area contributed by atoms with Crippen molar-refractivity contribution in [2.75, 3.05) is 0 Å². The van der Waals surface area contributed by atoms with Gasteiger partial charge in [0.1, 0.15) is 5.75 Å². The smallest absolute Gasteiger partial charge is 0.119 e. The molecule has 0 spiro atoms. The van der Waals surface area contributed by atoms with E-state index >= 15 is 0 Å². The first-order valence-corrected chi connectivity index (χ1v) is 7.33.